The number of aromatic nitrogens is 1. The number of ketones is 1. The highest BCUT2D eigenvalue weighted by Gasteiger charge is 2.28. The number of hydrogen-bond acceptors (Lipinski definition) is 7. The Balaban J connectivity index is 2.11. The first-order valence-corrected chi connectivity index (χ1v) is 10.6. The summed E-state index contributed by atoms with van der Waals surface area (Å²) in [5.41, 5.74) is 3.38. The van der Waals surface area contributed by atoms with Gasteiger partial charge in [0.1, 0.15) is 6.10 Å². The van der Waals surface area contributed by atoms with Crippen LogP contribution in [0.1, 0.15) is 67.2 Å². The lowest BCUT2D eigenvalue weighted by Crippen LogP contribution is -2.27. The monoisotopic (exact) mass is 441 g/mol. The predicted molar refractivity (Wildman–Crippen MR) is 120 cm³/mol. The van der Waals surface area contributed by atoms with Crippen LogP contribution >= 0.6 is 0 Å². The van der Waals surface area contributed by atoms with Crippen molar-refractivity contribution in [2.24, 2.45) is 5.92 Å². The molecule has 3 atom stereocenters. The van der Waals surface area contributed by atoms with Crippen molar-refractivity contribution >= 4 is 17.7 Å². The van der Waals surface area contributed by atoms with Gasteiger partial charge in [-0.1, -0.05) is 32.0 Å². The summed E-state index contributed by atoms with van der Waals surface area (Å²) in [7, 11) is 1.40. The average Bonchev–Trinajstić information content (AvgIpc) is 2.72. The molecule has 7 heteroatoms. The molecule has 0 N–H and O–H groups in total. The highest BCUT2D eigenvalue weighted by atomic mass is 16.6. The van der Waals surface area contributed by atoms with Gasteiger partial charge in [0.2, 0.25) is 5.75 Å². The second-order valence-corrected chi connectivity index (χ2v) is 8.05. The van der Waals surface area contributed by atoms with Gasteiger partial charge in [-0.3, -0.25) is 14.4 Å². The van der Waals surface area contributed by atoms with Crippen molar-refractivity contribution in [3.05, 3.63) is 52.8 Å². The van der Waals surface area contributed by atoms with Crippen molar-refractivity contribution in [2.75, 3.05) is 7.11 Å². The van der Waals surface area contributed by atoms with Crippen molar-refractivity contribution in [1.29, 1.82) is 0 Å². The van der Waals surface area contributed by atoms with Crippen LogP contribution in [0.5, 0.6) is 11.5 Å². The molecule has 0 aliphatic carbocycles. The number of benzene rings is 1. The van der Waals surface area contributed by atoms with Crippen LogP contribution in [0.15, 0.2) is 30.5 Å². The summed E-state index contributed by atoms with van der Waals surface area (Å²) in [5, 5.41) is 0. The maximum absolute atomic E-state index is 12.8. The molecule has 0 fully saturated rings. The number of carbonyl (C=O) groups excluding carboxylic acids is 3. The van der Waals surface area contributed by atoms with Gasteiger partial charge in [-0.05, 0) is 37.5 Å². The van der Waals surface area contributed by atoms with Gasteiger partial charge in [0.25, 0.3) is 0 Å². The fourth-order valence-corrected chi connectivity index (χ4v) is 3.67. The highest BCUT2D eigenvalue weighted by Crippen LogP contribution is 2.32. The average molecular weight is 442 g/mol. The molecule has 1 aromatic heterocycles. The molecule has 0 spiro atoms. The summed E-state index contributed by atoms with van der Waals surface area (Å²) in [6.07, 6.45) is 0.875. The summed E-state index contributed by atoms with van der Waals surface area (Å²) in [6, 6.07) is 7.57. The molecule has 2 rings (SSSR count). The number of aryl methyl sites for hydroxylation is 2. The number of ether oxygens (including phenoxy) is 3. The summed E-state index contributed by atoms with van der Waals surface area (Å²) in [5.74, 6) is -2.06. The van der Waals surface area contributed by atoms with Crippen molar-refractivity contribution in [3.63, 3.8) is 0 Å². The van der Waals surface area contributed by atoms with Crippen molar-refractivity contribution < 1.29 is 28.6 Å². The Bertz CT molecular complexity index is 980. The van der Waals surface area contributed by atoms with Crippen molar-refractivity contribution in [2.45, 2.75) is 60.0 Å². The number of methoxy groups -OCH3 is 1. The van der Waals surface area contributed by atoms with Crippen molar-refractivity contribution in [3.8, 4) is 11.5 Å². The zero-order valence-corrected chi connectivity index (χ0v) is 19.7. The Morgan fingerprint density at radius 2 is 1.66 bits per heavy atom. The number of esters is 2. The Morgan fingerprint density at radius 1 is 1.03 bits per heavy atom. The lowest BCUT2D eigenvalue weighted by Gasteiger charge is -2.25. The molecule has 32 heavy (non-hydrogen) atoms. The van der Waals surface area contributed by atoms with Crippen LogP contribution < -0.4 is 9.47 Å². The van der Waals surface area contributed by atoms with Gasteiger partial charge >= 0.3 is 11.9 Å². The number of nitrogens with zero attached hydrogens (tertiary/aromatic N) is 1. The minimum atomic E-state index is -0.701. The molecule has 0 radical (unpaired) electrons. The number of hydrogen-bond donors (Lipinski definition) is 0. The first-order valence-electron chi connectivity index (χ1n) is 10.6. The predicted octanol–water partition coefficient (Wildman–Crippen LogP) is 4.58. The lowest BCUT2D eigenvalue weighted by molar-refractivity contribution is -0.153. The summed E-state index contributed by atoms with van der Waals surface area (Å²) >= 11 is 0. The number of carbonyl (C=O) groups is 3. The second-order valence-electron chi connectivity index (χ2n) is 8.05. The van der Waals surface area contributed by atoms with E-state index in [4.69, 9.17) is 14.2 Å². The molecule has 1 heterocycles. The molecular weight excluding hydrogens is 410 g/mol. The molecule has 0 aliphatic heterocycles. The second kappa shape index (κ2) is 10.9. The Morgan fingerprint density at radius 3 is 2.22 bits per heavy atom. The summed E-state index contributed by atoms with van der Waals surface area (Å²) in [6.45, 7) is 10.8. The van der Waals surface area contributed by atoms with Crippen LogP contribution in [0.25, 0.3) is 0 Å². The normalized spacial score (nSPS) is 13.6. The highest BCUT2D eigenvalue weighted by molar-refractivity contribution is 5.99. The zero-order chi connectivity index (χ0) is 24.0. The van der Waals surface area contributed by atoms with Gasteiger partial charge in [0, 0.05) is 31.5 Å². The molecule has 0 amide bonds. The molecule has 2 aromatic rings. The molecule has 7 nitrogen and oxygen atoms in total. The maximum Gasteiger partial charge on any atom is 0.309 e. The third-order valence-electron chi connectivity index (χ3n) is 5.50. The van der Waals surface area contributed by atoms with Crippen LogP contribution in [0, 0.1) is 19.8 Å². The van der Waals surface area contributed by atoms with Gasteiger partial charge < -0.3 is 14.2 Å². The quantitative estimate of drug-likeness (QED) is 0.415. The van der Waals surface area contributed by atoms with Crippen molar-refractivity contribution in [1.82, 2.24) is 4.98 Å². The van der Waals surface area contributed by atoms with E-state index in [0.29, 0.717) is 0 Å². The molecule has 0 aliphatic rings. The van der Waals surface area contributed by atoms with Crippen LogP contribution in [0.3, 0.4) is 0 Å². The van der Waals surface area contributed by atoms with E-state index in [1.165, 1.54) is 26.3 Å². The van der Waals surface area contributed by atoms with E-state index in [2.05, 4.69) is 4.98 Å². The van der Waals surface area contributed by atoms with Gasteiger partial charge in [-0.25, -0.2) is 4.98 Å². The lowest BCUT2D eigenvalue weighted by atomic mass is 9.89. The first kappa shape index (κ1) is 25.0. The van der Waals surface area contributed by atoms with E-state index in [-0.39, 0.29) is 35.6 Å². The number of pyridine rings is 1. The van der Waals surface area contributed by atoms with Crippen LogP contribution in [0.2, 0.25) is 0 Å². The fourth-order valence-electron chi connectivity index (χ4n) is 3.67. The first-order chi connectivity index (χ1) is 15.1. The molecule has 0 bridgehead atoms. The Hall–Kier alpha value is -3.22. The molecule has 1 aromatic carbocycles. The SMILES string of the molecule is COc1ccnc(C(=O)C[C@@H](C)C(=O)O[C@@H](C)[C@@H](C)c2c(C)cccc2C)c1OC(C)=O. The van der Waals surface area contributed by atoms with Crippen LogP contribution in [0.4, 0.5) is 0 Å². The topological polar surface area (TPSA) is 91.8 Å². The molecular formula is C25H31NO6. The Kier molecular flexibility index (Phi) is 8.52. The summed E-state index contributed by atoms with van der Waals surface area (Å²) in [4.78, 5) is 41.0. The van der Waals surface area contributed by atoms with E-state index in [1.54, 1.807) is 6.92 Å². The third-order valence-corrected chi connectivity index (χ3v) is 5.50. The zero-order valence-electron chi connectivity index (χ0n) is 19.7. The van der Waals surface area contributed by atoms with Crippen LogP contribution in [-0.2, 0) is 14.3 Å². The van der Waals surface area contributed by atoms with Gasteiger partial charge in [0.05, 0.1) is 13.0 Å². The number of rotatable bonds is 9. The minimum Gasteiger partial charge on any atom is -0.493 e. The third kappa shape index (κ3) is 5.93. The summed E-state index contributed by atoms with van der Waals surface area (Å²) < 4.78 is 16.0. The smallest absolute Gasteiger partial charge is 0.309 e. The Labute approximate surface area is 189 Å². The molecule has 172 valence electrons. The van der Waals surface area contributed by atoms with E-state index in [9.17, 15) is 14.4 Å². The van der Waals surface area contributed by atoms with Crippen LogP contribution in [-0.4, -0.2) is 35.9 Å². The maximum atomic E-state index is 12.8. The van der Waals surface area contributed by atoms with E-state index in [1.807, 2.05) is 45.9 Å². The van der Waals surface area contributed by atoms with Gasteiger partial charge in [-0.15, -0.1) is 0 Å². The fraction of sp³-hybridized carbons (Fsp3) is 0.440. The van der Waals surface area contributed by atoms with Gasteiger partial charge in [-0.2, -0.15) is 0 Å². The molecule has 0 saturated carbocycles. The standard InChI is InChI=1S/C25H31NO6/c1-14-9-8-10-15(2)22(14)17(4)18(5)31-25(29)16(3)13-20(28)23-24(32-19(6)27)21(30-7)11-12-26-23/h8-12,16-18H,13H2,1-7H3/t16-,17-,18+/m1/s1. The minimum absolute atomic E-state index is 0.00123. The van der Waals surface area contributed by atoms with E-state index < -0.39 is 23.6 Å². The molecule has 0 saturated heterocycles. The largest absolute Gasteiger partial charge is 0.493 e. The number of Topliss-reactive ketones (excluding diaryl/α,β-unsaturated/α-hetero) is 1. The van der Waals surface area contributed by atoms with E-state index in [0.717, 1.165) is 16.7 Å². The van der Waals surface area contributed by atoms with Gasteiger partial charge in [0.15, 0.2) is 17.2 Å². The molecule has 0 unspecified atom stereocenters. The van der Waals surface area contributed by atoms with E-state index >= 15 is 0 Å².